The third kappa shape index (κ3) is 2.15. The molecule has 0 amide bonds. The van der Waals surface area contributed by atoms with Crippen LogP contribution >= 0.6 is 0 Å². The number of pyridine rings is 2. The van der Waals surface area contributed by atoms with E-state index in [1.807, 2.05) is 36.4 Å². The number of hydrogen-bond acceptors (Lipinski definition) is 3. The number of nitrogens with zero attached hydrogens (tertiary/aromatic N) is 2. The van der Waals surface area contributed by atoms with Gasteiger partial charge in [0.1, 0.15) is 5.82 Å². The van der Waals surface area contributed by atoms with Crippen LogP contribution in [0.4, 0.5) is 11.5 Å². The predicted molar refractivity (Wildman–Crippen MR) is 74.0 cm³/mol. The fraction of sp³-hybridized carbons (Fsp3) is 0.0667. The molecule has 3 aromatic rings. The summed E-state index contributed by atoms with van der Waals surface area (Å²) in [7, 11) is 0. The standard InChI is InChI=1S/C15H13N3/c1-11-4-7-13(8-5-11)17-14-9-6-12-3-2-10-16-15(12)18-14/h2-10H,1H3,(H,16,17,18). The van der Waals surface area contributed by atoms with Gasteiger partial charge in [-0.1, -0.05) is 17.7 Å². The Morgan fingerprint density at radius 2 is 1.78 bits per heavy atom. The number of fused-ring (bicyclic) bond motifs is 1. The highest BCUT2D eigenvalue weighted by atomic mass is 15.0. The van der Waals surface area contributed by atoms with Gasteiger partial charge < -0.3 is 5.32 Å². The van der Waals surface area contributed by atoms with Gasteiger partial charge in [0.15, 0.2) is 5.65 Å². The molecule has 3 nitrogen and oxygen atoms in total. The van der Waals surface area contributed by atoms with Gasteiger partial charge in [0, 0.05) is 17.3 Å². The Morgan fingerprint density at radius 1 is 0.944 bits per heavy atom. The highest BCUT2D eigenvalue weighted by molar-refractivity contribution is 5.77. The fourth-order valence-electron chi connectivity index (χ4n) is 1.81. The van der Waals surface area contributed by atoms with E-state index in [1.54, 1.807) is 6.20 Å². The van der Waals surface area contributed by atoms with Gasteiger partial charge in [0.2, 0.25) is 0 Å². The van der Waals surface area contributed by atoms with Crippen LogP contribution in [0.1, 0.15) is 5.56 Å². The Morgan fingerprint density at radius 3 is 2.61 bits per heavy atom. The lowest BCUT2D eigenvalue weighted by atomic mass is 10.2. The SMILES string of the molecule is Cc1ccc(Nc2ccc3cccnc3n2)cc1. The van der Waals surface area contributed by atoms with Crippen LogP contribution < -0.4 is 5.32 Å². The molecule has 0 aliphatic rings. The average Bonchev–Trinajstić information content (AvgIpc) is 2.41. The molecular weight excluding hydrogens is 222 g/mol. The van der Waals surface area contributed by atoms with Crippen molar-refractivity contribution in [3.05, 3.63) is 60.3 Å². The molecule has 0 aliphatic carbocycles. The lowest BCUT2D eigenvalue weighted by molar-refractivity contribution is 1.28. The van der Waals surface area contributed by atoms with Crippen molar-refractivity contribution in [2.24, 2.45) is 0 Å². The number of hydrogen-bond donors (Lipinski definition) is 1. The van der Waals surface area contributed by atoms with Crippen molar-refractivity contribution in [1.29, 1.82) is 0 Å². The minimum Gasteiger partial charge on any atom is -0.340 e. The van der Waals surface area contributed by atoms with E-state index >= 15 is 0 Å². The van der Waals surface area contributed by atoms with Crippen LogP contribution in [0.15, 0.2) is 54.7 Å². The summed E-state index contributed by atoms with van der Waals surface area (Å²) in [4.78, 5) is 8.72. The summed E-state index contributed by atoms with van der Waals surface area (Å²) < 4.78 is 0. The van der Waals surface area contributed by atoms with E-state index in [0.29, 0.717) is 0 Å². The molecule has 3 heteroatoms. The normalized spacial score (nSPS) is 10.5. The van der Waals surface area contributed by atoms with E-state index in [-0.39, 0.29) is 0 Å². The van der Waals surface area contributed by atoms with Crippen molar-refractivity contribution >= 4 is 22.5 Å². The van der Waals surface area contributed by atoms with Crippen molar-refractivity contribution in [2.45, 2.75) is 6.92 Å². The van der Waals surface area contributed by atoms with E-state index in [4.69, 9.17) is 0 Å². The number of anilines is 2. The fourth-order valence-corrected chi connectivity index (χ4v) is 1.81. The summed E-state index contributed by atoms with van der Waals surface area (Å²) in [5.74, 6) is 0.810. The quantitative estimate of drug-likeness (QED) is 0.736. The molecule has 0 saturated carbocycles. The molecule has 1 aromatic carbocycles. The zero-order chi connectivity index (χ0) is 12.4. The summed E-state index contributed by atoms with van der Waals surface area (Å²) in [6.07, 6.45) is 1.75. The Kier molecular flexibility index (Phi) is 2.65. The molecule has 3 rings (SSSR count). The number of aryl methyl sites for hydroxylation is 1. The van der Waals surface area contributed by atoms with Crippen molar-refractivity contribution < 1.29 is 0 Å². The molecule has 0 aliphatic heterocycles. The first-order chi connectivity index (χ1) is 8.81. The Labute approximate surface area is 106 Å². The second kappa shape index (κ2) is 4.45. The first-order valence-electron chi connectivity index (χ1n) is 5.87. The molecule has 2 aromatic heterocycles. The van der Waals surface area contributed by atoms with E-state index < -0.39 is 0 Å². The van der Waals surface area contributed by atoms with Crippen LogP contribution in [0.5, 0.6) is 0 Å². The van der Waals surface area contributed by atoms with Crippen LogP contribution in [-0.4, -0.2) is 9.97 Å². The van der Waals surface area contributed by atoms with Gasteiger partial charge in [-0.25, -0.2) is 9.97 Å². The van der Waals surface area contributed by atoms with Crippen LogP contribution in [0.3, 0.4) is 0 Å². The topological polar surface area (TPSA) is 37.8 Å². The summed E-state index contributed by atoms with van der Waals surface area (Å²) in [5.41, 5.74) is 3.03. The molecule has 0 radical (unpaired) electrons. The summed E-state index contributed by atoms with van der Waals surface area (Å²) in [5, 5.41) is 4.32. The molecule has 0 unspecified atom stereocenters. The van der Waals surface area contributed by atoms with E-state index in [0.717, 1.165) is 22.5 Å². The minimum absolute atomic E-state index is 0.759. The Hall–Kier alpha value is -2.42. The molecule has 88 valence electrons. The van der Waals surface area contributed by atoms with Crippen LogP contribution in [0.25, 0.3) is 11.0 Å². The van der Waals surface area contributed by atoms with Gasteiger partial charge in [-0.2, -0.15) is 0 Å². The minimum atomic E-state index is 0.759. The van der Waals surface area contributed by atoms with Crippen molar-refractivity contribution in [3.63, 3.8) is 0 Å². The predicted octanol–water partition coefficient (Wildman–Crippen LogP) is 3.68. The summed E-state index contributed by atoms with van der Waals surface area (Å²) >= 11 is 0. The maximum Gasteiger partial charge on any atom is 0.161 e. The highest BCUT2D eigenvalue weighted by Gasteiger charge is 1.99. The van der Waals surface area contributed by atoms with Crippen molar-refractivity contribution in [2.75, 3.05) is 5.32 Å². The van der Waals surface area contributed by atoms with E-state index in [9.17, 15) is 0 Å². The van der Waals surface area contributed by atoms with E-state index in [1.165, 1.54) is 5.56 Å². The smallest absolute Gasteiger partial charge is 0.161 e. The maximum atomic E-state index is 4.47. The first-order valence-corrected chi connectivity index (χ1v) is 5.87. The monoisotopic (exact) mass is 235 g/mol. The lowest BCUT2D eigenvalue weighted by Crippen LogP contribution is -1.94. The lowest BCUT2D eigenvalue weighted by Gasteiger charge is -2.06. The third-order valence-electron chi connectivity index (χ3n) is 2.79. The number of benzene rings is 1. The first kappa shape index (κ1) is 10.7. The molecule has 1 N–H and O–H groups in total. The van der Waals surface area contributed by atoms with Gasteiger partial charge in [-0.3, -0.25) is 0 Å². The van der Waals surface area contributed by atoms with Gasteiger partial charge in [0.25, 0.3) is 0 Å². The van der Waals surface area contributed by atoms with Gasteiger partial charge >= 0.3 is 0 Å². The molecule has 0 saturated heterocycles. The highest BCUT2D eigenvalue weighted by Crippen LogP contribution is 2.17. The largest absolute Gasteiger partial charge is 0.340 e. The van der Waals surface area contributed by atoms with Gasteiger partial charge in [0.05, 0.1) is 0 Å². The third-order valence-corrected chi connectivity index (χ3v) is 2.79. The van der Waals surface area contributed by atoms with Crippen molar-refractivity contribution in [3.8, 4) is 0 Å². The van der Waals surface area contributed by atoms with Crippen molar-refractivity contribution in [1.82, 2.24) is 9.97 Å². The second-order valence-corrected chi connectivity index (χ2v) is 4.24. The van der Waals surface area contributed by atoms with Crippen LogP contribution in [-0.2, 0) is 0 Å². The number of nitrogens with one attached hydrogen (secondary N) is 1. The molecule has 18 heavy (non-hydrogen) atoms. The van der Waals surface area contributed by atoms with Crippen LogP contribution in [0.2, 0.25) is 0 Å². The molecule has 2 heterocycles. The summed E-state index contributed by atoms with van der Waals surface area (Å²) in [6.45, 7) is 2.07. The Balaban J connectivity index is 1.92. The van der Waals surface area contributed by atoms with Crippen LogP contribution in [0, 0.1) is 6.92 Å². The molecule has 0 atom stereocenters. The molecule has 0 bridgehead atoms. The molecule has 0 spiro atoms. The number of aromatic nitrogens is 2. The van der Waals surface area contributed by atoms with Gasteiger partial charge in [-0.05, 0) is 43.3 Å². The summed E-state index contributed by atoms with van der Waals surface area (Å²) in [6, 6.07) is 16.1. The molecule has 0 fully saturated rings. The average molecular weight is 235 g/mol. The Bertz CT molecular complexity index is 675. The molecular formula is C15H13N3. The van der Waals surface area contributed by atoms with E-state index in [2.05, 4.69) is 34.3 Å². The zero-order valence-corrected chi connectivity index (χ0v) is 10.1. The number of rotatable bonds is 2. The zero-order valence-electron chi connectivity index (χ0n) is 10.1. The van der Waals surface area contributed by atoms with Gasteiger partial charge in [-0.15, -0.1) is 0 Å². The second-order valence-electron chi connectivity index (χ2n) is 4.24. The maximum absolute atomic E-state index is 4.47.